The molecule has 0 saturated heterocycles. The minimum atomic E-state index is -0.449. The summed E-state index contributed by atoms with van der Waals surface area (Å²) in [6.45, 7) is 4.34. The first-order valence-electron chi connectivity index (χ1n) is 11.1. The van der Waals surface area contributed by atoms with Gasteiger partial charge < -0.3 is 19.5 Å². The average molecular weight is 457 g/mol. The Morgan fingerprint density at radius 1 is 1.09 bits per heavy atom. The minimum Gasteiger partial charge on any atom is -0.497 e. The predicted octanol–water partition coefficient (Wildman–Crippen LogP) is 5.77. The van der Waals surface area contributed by atoms with Crippen LogP contribution in [0.25, 0.3) is 5.82 Å². The minimum absolute atomic E-state index is 0.275. The summed E-state index contributed by atoms with van der Waals surface area (Å²) in [6.07, 6.45) is 1.96. The van der Waals surface area contributed by atoms with E-state index in [1.54, 1.807) is 30.2 Å². The van der Waals surface area contributed by atoms with Gasteiger partial charge in [-0.15, -0.1) is 0 Å². The van der Waals surface area contributed by atoms with E-state index in [1.165, 1.54) is 12.1 Å². The quantitative estimate of drug-likeness (QED) is 0.426. The van der Waals surface area contributed by atoms with Crippen molar-refractivity contribution >= 4 is 11.7 Å². The van der Waals surface area contributed by atoms with E-state index in [0.29, 0.717) is 18.0 Å². The van der Waals surface area contributed by atoms with Crippen LogP contribution < -0.4 is 10.1 Å². The van der Waals surface area contributed by atoms with Gasteiger partial charge in [0.25, 0.3) is 0 Å². The molecule has 2 aromatic heterocycles. The second-order valence-electron chi connectivity index (χ2n) is 8.43. The van der Waals surface area contributed by atoms with Gasteiger partial charge in [-0.05, 0) is 67.4 Å². The average Bonchev–Trinajstić information content (AvgIpc) is 3.25. The van der Waals surface area contributed by atoms with E-state index in [0.717, 1.165) is 33.9 Å². The Morgan fingerprint density at radius 3 is 2.65 bits per heavy atom. The van der Waals surface area contributed by atoms with Crippen LogP contribution in [0, 0.1) is 19.7 Å². The van der Waals surface area contributed by atoms with E-state index in [-0.39, 0.29) is 11.8 Å². The van der Waals surface area contributed by atoms with Crippen molar-refractivity contribution in [2.24, 2.45) is 0 Å². The lowest BCUT2D eigenvalue weighted by molar-refractivity contribution is 0.194. The molecule has 1 N–H and O–H groups in total. The number of amides is 2. The van der Waals surface area contributed by atoms with Crippen molar-refractivity contribution in [1.29, 1.82) is 0 Å². The Morgan fingerprint density at radius 2 is 1.88 bits per heavy atom. The number of benzene rings is 2. The Balaban J connectivity index is 1.65. The van der Waals surface area contributed by atoms with Gasteiger partial charge in [-0.2, -0.15) is 0 Å². The largest absolute Gasteiger partial charge is 0.497 e. The molecule has 1 aliphatic rings. The van der Waals surface area contributed by atoms with E-state index in [2.05, 4.69) is 5.32 Å². The van der Waals surface area contributed by atoms with E-state index >= 15 is 0 Å². The number of aromatic nitrogens is 2. The molecule has 0 radical (unpaired) electrons. The number of rotatable bonds is 3. The number of carbonyl (C=O) groups excluding carboxylic acids is 1. The third-order valence-electron chi connectivity index (χ3n) is 6.15. The number of fused-ring (bicyclic) bond motifs is 3. The molecule has 4 aromatic rings. The molecule has 0 saturated carbocycles. The highest BCUT2D eigenvalue weighted by molar-refractivity contribution is 5.90. The van der Waals surface area contributed by atoms with E-state index in [1.807, 2.05) is 61.0 Å². The highest BCUT2D eigenvalue weighted by Crippen LogP contribution is 2.37. The van der Waals surface area contributed by atoms with Crippen LogP contribution in [0.15, 0.2) is 72.9 Å². The van der Waals surface area contributed by atoms with Crippen LogP contribution in [-0.2, 0) is 6.54 Å². The summed E-state index contributed by atoms with van der Waals surface area (Å²) in [6, 6.07) is 18.8. The van der Waals surface area contributed by atoms with E-state index in [4.69, 9.17) is 9.72 Å². The second kappa shape index (κ2) is 8.67. The number of hydrogen-bond acceptors (Lipinski definition) is 3. The van der Waals surface area contributed by atoms with Crippen LogP contribution >= 0.6 is 0 Å². The molecule has 7 heteroatoms. The number of ether oxygens (including phenoxy) is 1. The summed E-state index contributed by atoms with van der Waals surface area (Å²) in [4.78, 5) is 20.4. The fourth-order valence-corrected chi connectivity index (χ4v) is 4.55. The van der Waals surface area contributed by atoms with Gasteiger partial charge in [-0.3, -0.25) is 0 Å². The fraction of sp³-hybridized carbons (Fsp3) is 0.185. The molecule has 6 nitrogen and oxygen atoms in total. The Bertz CT molecular complexity index is 1360. The second-order valence-corrected chi connectivity index (χ2v) is 8.43. The van der Waals surface area contributed by atoms with Crippen molar-refractivity contribution in [1.82, 2.24) is 14.5 Å². The first kappa shape index (κ1) is 21.7. The number of halogens is 1. The maximum atomic E-state index is 13.8. The molecule has 0 aliphatic carbocycles. The molecule has 1 atom stereocenters. The summed E-state index contributed by atoms with van der Waals surface area (Å²) in [5, 5.41) is 3.01. The standard InChI is InChI=1S/C27H25FN4O2/c1-17-14-18(2)29-26-23(17)16-32(27(33)30-21-6-4-7-22(15-21)34-3)25(24-8-5-13-31(24)26)19-9-11-20(28)12-10-19/h4-15,25H,16H2,1-3H3,(H,30,33)/t25-/m1/s1. The SMILES string of the molecule is COc1cccc(NC(=O)N2Cc3c(C)cc(C)nc3-n3cccc3[C@H]2c2ccc(F)cc2)c1. The molecule has 2 amide bonds. The summed E-state index contributed by atoms with van der Waals surface area (Å²) in [5.74, 6) is 1.14. The fourth-order valence-electron chi connectivity index (χ4n) is 4.55. The number of pyridine rings is 1. The monoisotopic (exact) mass is 456 g/mol. The molecule has 0 fully saturated rings. The van der Waals surface area contributed by atoms with Crippen molar-refractivity contribution in [3.05, 3.63) is 107 Å². The number of nitrogens with zero attached hydrogens (tertiary/aromatic N) is 3. The Labute approximate surface area is 197 Å². The summed E-state index contributed by atoms with van der Waals surface area (Å²) in [7, 11) is 1.59. The van der Waals surface area contributed by atoms with Crippen molar-refractivity contribution in [2.75, 3.05) is 12.4 Å². The topological polar surface area (TPSA) is 59.4 Å². The molecule has 2 aromatic carbocycles. The zero-order chi connectivity index (χ0) is 23.8. The van der Waals surface area contributed by atoms with Gasteiger partial charge in [0.15, 0.2) is 0 Å². The van der Waals surface area contributed by atoms with E-state index < -0.39 is 6.04 Å². The number of urea groups is 1. The molecule has 3 heterocycles. The lowest BCUT2D eigenvalue weighted by Crippen LogP contribution is -2.38. The number of anilines is 1. The van der Waals surface area contributed by atoms with Crippen molar-refractivity contribution in [3.63, 3.8) is 0 Å². The van der Waals surface area contributed by atoms with Crippen LogP contribution in [0.4, 0.5) is 14.9 Å². The van der Waals surface area contributed by atoms with Crippen LogP contribution in [0.2, 0.25) is 0 Å². The van der Waals surface area contributed by atoms with Gasteiger partial charge >= 0.3 is 6.03 Å². The summed E-state index contributed by atoms with van der Waals surface area (Å²) >= 11 is 0. The highest BCUT2D eigenvalue weighted by atomic mass is 19.1. The molecule has 0 bridgehead atoms. The number of carbonyl (C=O) groups is 1. The van der Waals surface area contributed by atoms with Crippen LogP contribution in [-0.4, -0.2) is 27.6 Å². The molecule has 1 aliphatic heterocycles. The third-order valence-corrected chi connectivity index (χ3v) is 6.15. The zero-order valence-corrected chi connectivity index (χ0v) is 19.2. The molecular weight excluding hydrogens is 431 g/mol. The molecule has 0 spiro atoms. The number of nitrogens with one attached hydrogen (secondary N) is 1. The summed E-state index contributed by atoms with van der Waals surface area (Å²) < 4.78 is 21.1. The first-order valence-corrected chi connectivity index (χ1v) is 11.1. The maximum absolute atomic E-state index is 13.8. The van der Waals surface area contributed by atoms with Crippen LogP contribution in [0.1, 0.15) is 34.1 Å². The third kappa shape index (κ3) is 3.90. The van der Waals surface area contributed by atoms with Gasteiger partial charge in [0.05, 0.1) is 25.4 Å². The molecule has 5 rings (SSSR count). The van der Waals surface area contributed by atoms with Crippen LogP contribution in [0.3, 0.4) is 0 Å². The number of methoxy groups -OCH3 is 1. The van der Waals surface area contributed by atoms with Gasteiger partial charge in [-0.1, -0.05) is 18.2 Å². The normalized spacial score (nSPS) is 14.7. The van der Waals surface area contributed by atoms with Gasteiger partial charge in [0.2, 0.25) is 0 Å². The van der Waals surface area contributed by atoms with Gasteiger partial charge in [0, 0.05) is 29.2 Å². The molecule has 34 heavy (non-hydrogen) atoms. The molecule has 0 unspecified atom stereocenters. The highest BCUT2D eigenvalue weighted by Gasteiger charge is 2.34. The number of hydrogen-bond donors (Lipinski definition) is 1. The lowest BCUT2D eigenvalue weighted by Gasteiger charge is -2.31. The van der Waals surface area contributed by atoms with Crippen molar-refractivity contribution < 1.29 is 13.9 Å². The van der Waals surface area contributed by atoms with Crippen molar-refractivity contribution in [2.45, 2.75) is 26.4 Å². The maximum Gasteiger partial charge on any atom is 0.322 e. The molecular formula is C27H25FN4O2. The number of aryl methyl sites for hydroxylation is 2. The Hall–Kier alpha value is -4.13. The predicted molar refractivity (Wildman–Crippen MR) is 129 cm³/mol. The summed E-state index contributed by atoms with van der Waals surface area (Å²) in [5.41, 5.74) is 5.24. The van der Waals surface area contributed by atoms with Gasteiger partial charge in [-0.25, -0.2) is 14.2 Å². The lowest BCUT2D eigenvalue weighted by atomic mass is 10.0. The van der Waals surface area contributed by atoms with E-state index in [9.17, 15) is 9.18 Å². The van der Waals surface area contributed by atoms with Gasteiger partial charge in [0.1, 0.15) is 17.4 Å². The van der Waals surface area contributed by atoms with Crippen molar-refractivity contribution in [3.8, 4) is 11.6 Å². The zero-order valence-electron chi connectivity index (χ0n) is 19.2. The Kier molecular flexibility index (Phi) is 5.53. The smallest absolute Gasteiger partial charge is 0.322 e. The van der Waals surface area contributed by atoms with Crippen LogP contribution in [0.5, 0.6) is 5.75 Å². The first-order chi connectivity index (χ1) is 16.4. The molecule has 172 valence electrons.